The Morgan fingerprint density at radius 2 is 2.24 bits per heavy atom. The van der Waals surface area contributed by atoms with Crippen molar-refractivity contribution in [2.75, 3.05) is 13.7 Å². The predicted molar refractivity (Wildman–Crippen MR) is 84.6 cm³/mol. The van der Waals surface area contributed by atoms with E-state index in [1.165, 1.54) is 24.0 Å². The van der Waals surface area contributed by atoms with Gasteiger partial charge in [0.05, 0.1) is 13.0 Å². The Balaban J connectivity index is 1.91. The normalized spacial score (nSPS) is 17.4. The highest BCUT2D eigenvalue weighted by molar-refractivity contribution is 5.76. The van der Waals surface area contributed by atoms with Crippen molar-refractivity contribution in [3.63, 3.8) is 0 Å². The third kappa shape index (κ3) is 4.46. The fraction of sp³-hybridized carbons (Fsp3) is 0.588. The molecule has 2 N–H and O–H groups in total. The van der Waals surface area contributed by atoms with Crippen LogP contribution >= 0.6 is 0 Å². The molecule has 116 valence electrons. The van der Waals surface area contributed by atoms with Gasteiger partial charge in [-0.05, 0) is 63.4 Å². The van der Waals surface area contributed by atoms with E-state index in [-0.39, 0.29) is 11.9 Å². The summed E-state index contributed by atoms with van der Waals surface area (Å²) in [6.07, 6.45) is 3.94. The van der Waals surface area contributed by atoms with Gasteiger partial charge in [-0.3, -0.25) is 4.79 Å². The predicted octanol–water partition coefficient (Wildman–Crippen LogP) is 2.58. The monoisotopic (exact) mass is 290 g/mol. The summed E-state index contributed by atoms with van der Waals surface area (Å²) in [5.41, 5.74) is 2.75. The first-order chi connectivity index (χ1) is 10.1. The van der Waals surface area contributed by atoms with Gasteiger partial charge in [0.25, 0.3) is 0 Å². The molecule has 21 heavy (non-hydrogen) atoms. The van der Waals surface area contributed by atoms with Gasteiger partial charge in [-0.2, -0.15) is 0 Å². The molecule has 0 aliphatic heterocycles. The van der Waals surface area contributed by atoms with Gasteiger partial charge in [0.2, 0.25) is 5.91 Å². The fourth-order valence-electron chi connectivity index (χ4n) is 2.82. The van der Waals surface area contributed by atoms with Crippen molar-refractivity contribution in [2.24, 2.45) is 0 Å². The van der Waals surface area contributed by atoms with Crippen LogP contribution in [0.25, 0.3) is 0 Å². The fourth-order valence-corrected chi connectivity index (χ4v) is 2.82. The standard InChI is InChI=1S/C17H26N2O2/c1-12(2)19-17(20)9-10-21-14-8-7-13-5-4-6-16(18-3)15(13)11-14/h7-8,11-12,16,18H,4-6,9-10H2,1-3H3,(H,19,20). The number of ether oxygens (including phenoxy) is 1. The van der Waals surface area contributed by atoms with Gasteiger partial charge in [0, 0.05) is 12.1 Å². The number of carbonyl (C=O) groups excluding carboxylic acids is 1. The van der Waals surface area contributed by atoms with Crippen LogP contribution in [0.2, 0.25) is 0 Å². The Morgan fingerprint density at radius 3 is 2.95 bits per heavy atom. The molecule has 0 spiro atoms. The highest BCUT2D eigenvalue weighted by Crippen LogP contribution is 2.32. The molecule has 1 aliphatic rings. The van der Waals surface area contributed by atoms with E-state index in [4.69, 9.17) is 4.74 Å². The molecule has 0 saturated carbocycles. The van der Waals surface area contributed by atoms with Gasteiger partial charge in [-0.1, -0.05) is 6.07 Å². The average Bonchev–Trinajstić information content (AvgIpc) is 2.45. The maximum Gasteiger partial charge on any atom is 0.223 e. The highest BCUT2D eigenvalue weighted by Gasteiger charge is 2.19. The molecule has 1 amide bonds. The van der Waals surface area contributed by atoms with Gasteiger partial charge >= 0.3 is 0 Å². The maximum atomic E-state index is 11.6. The summed E-state index contributed by atoms with van der Waals surface area (Å²) in [6.45, 7) is 4.34. The van der Waals surface area contributed by atoms with E-state index < -0.39 is 0 Å². The molecule has 0 saturated heterocycles. The molecule has 0 heterocycles. The van der Waals surface area contributed by atoms with Crippen LogP contribution < -0.4 is 15.4 Å². The SMILES string of the molecule is CNC1CCCc2ccc(OCCC(=O)NC(C)C)cc21. The van der Waals surface area contributed by atoms with Crippen molar-refractivity contribution < 1.29 is 9.53 Å². The van der Waals surface area contributed by atoms with Crippen molar-refractivity contribution in [1.82, 2.24) is 10.6 Å². The molecule has 0 fully saturated rings. The molecule has 2 rings (SSSR count). The first-order valence-electron chi connectivity index (χ1n) is 7.82. The number of fused-ring (bicyclic) bond motifs is 1. The molecule has 1 unspecified atom stereocenters. The minimum absolute atomic E-state index is 0.0380. The summed E-state index contributed by atoms with van der Waals surface area (Å²) in [4.78, 5) is 11.6. The van der Waals surface area contributed by atoms with Gasteiger partial charge in [-0.15, -0.1) is 0 Å². The Bertz CT molecular complexity index is 486. The van der Waals surface area contributed by atoms with E-state index in [0.717, 1.165) is 12.2 Å². The van der Waals surface area contributed by atoms with Crippen LogP contribution in [0.5, 0.6) is 5.75 Å². The Kier molecular flexibility index (Phi) is 5.62. The third-order valence-electron chi connectivity index (χ3n) is 3.83. The first kappa shape index (κ1) is 15.8. The second kappa shape index (κ2) is 7.46. The van der Waals surface area contributed by atoms with Crippen LogP contribution in [0.1, 0.15) is 50.3 Å². The molecule has 0 bridgehead atoms. The topological polar surface area (TPSA) is 50.4 Å². The Morgan fingerprint density at radius 1 is 1.43 bits per heavy atom. The molecule has 1 aliphatic carbocycles. The Labute approximate surface area is 127 Å². The van der Waals surface area contributed by atoms with E-state index >= 15 is 0 Å². The molecule has 4 nitrogen and oxygen atoms in total. The van der Waals surface area contributed by atoms with Crippen molar-refractivity contribution in [2.45, 2.75) is 51.6 Å². The van der Waals surface area contributed by atoms with Crippen molar-refractivity contribution >= 4 is 5.91 Å². The van der Waals surface area contributed by atoms with Crippen LogP contribution in [0.3, 0.4) is 0 Å². The third-order valence-corrected chi connectivity index (χ3v) is 3.83. The minimum Gasteiger partial charge on any atom is -0.493 e. The first-order valence-corrected chi connectivity index (χ1v) is 7.82. The van der Waals surface area contributed by atoms with Crippen LogP contribution in [-0.2, 0) is 11.2 Å². The molecular formula is C17H26N2O2. The number of rotatable bonds is 6. The Hall–Kier alpha value is -1.55. The van der Waals surface area contributed by atoms with Gasteiger partial charge in [-0.25, -0.2) is 0 Å². The lowest BCUT2D eigenvalue weighted by Gasteiger charge is -2.25. The molecule has 4 heteroatoms. The molecule has 0 radical (unpaired) electrons. The average molecular weight is 290 g/mol. The lowest BCUT2D eigenvalue weighted by atomic mass is 9.87. The van der Waals surface area contributed by atoms with Crippen LogP contribution in [0, 0.1) is 0 Å². The van der Waals surface area contributed by atoms with E-state index in [9.17, 15) is 4.79 Å². The largest absolute Gasteiger partial charge is 0.493 e. The van der Waals surface area contributed by atoms with Gasteiger partial charge in [0.1, 0.15) is 5.75 Å². The van der Waals surface area contributed by atoms with E-state index in [1.54, 1.807) is 0 Å². The summed E-state index contributed by atoms with van der Waals surface area (Å²) in [5, 5.41) is 6.23. The zero-order valence-electron chi connectivity index (χ0n) is 13.2. The minimum atomic E-state index is 0.0380. The van der Waals surface area contributed by atoms with Crippen molar-refractivity contribution in [3.8, 4) is 5.75 Å². The molecule has 1 aromatic carbocycles. The molecular weight excluding hydrogens is 264 g/mol. The lowest BCUT2D eigenvalue weighted by molar-refractivity contribution is -0.122. The van der Waals surface area contributed by atoms with Crippen LogP contribution in [0.4, 0.5) is 0 Å². The number of hydrogen-bond donors (Lipinski definition) is 2. The lowest BCUT2D eigenvalue weighted by Crippen LogP contribution is -2.31. The van der Waals surface area contributed by atoms with Crippen LogP contribution in [0.15, 0.2) is 18.2 Å². The number of aryl methyl sites for hydroxylation is 1. The van der Waals surface area contributed by atoms with E-state index in [1.807, 2.05) is 27.0 Å². The summed E-state index contributed by atoms with van der Waals surface area (Å²) in [7, 11) is 2.00. The summed E-state index contributed by atoms with van der Waals surface area (Å²) < 4.78 is 5.73. The number of hydrogen-bond acceptors (Lipinski definition) is 3. The summed E-state index contributed by atoms with van der Waals surface area (Å²) in [5.74, 6) is 0.893. The number of benzene rings is 1. The van der Waals surface area contributed by atoms with E-state index in [2.05, 4.69) is 22.8 Å². The zero-order chi connectivity index (χ0) is 15.2. The van der Waals surface area contributed by atoms with Crippen molar-refractivity contribution in [1.29, 1.82) is 0 Å². The summed E-state index contributed by atoms with van der Waals surface area (Å²) in [6, 6.07) is 6.88. The highest BCUT2D eigenvalue weighted by atomic mass is 16.5. The second-order valence-corrected chi connectivity index (χ2v) is 5.91. The number of amides is 1. The van der Waals surface area contributed by atoms with Gasteiger partial charge in [0.15, 0.2) is 0 Å². The van der Waals surface area contributed by atoms with Gasteiger partial charge < -0.3 is 15.4 Å². The van der Waals surface area contributed by atoms with Crippen molar-refractivity contribution in [3.05, 3.63) is 29.3 Å². The zero-order valence-corrected chi connectivity index (χ0v) is 13.2. The number of nitrogens with one attached hydrogen (secondary N) is 2. The van der Waals surface area contributed by atoms with Crippen LogP contribution in [-0.4, -0.2) is 25.6 Å². The molecule has 1 atom stereocenters. The molecule has 0 aromatic heterocycles. The second-order valence-electron chi connectivity index (χ2n) is 5.91. The quantitative estimate of drug-likeness (QED) is 0.846. The molecule has 1 aromatic rings. The maximum absolute atomic E-state index is 11.6. The van der Waals surface area contributed by atoms with E-state index in [0.29, 0.717) is 19.1 Å². The smallest absolute Gasteiger partial charge is 0.223 e. The number of carbonyl (C=O) groups is 1. The summed E-state index contributed by atoms with van der Waals surface area (Å²) >= 11 is 0.